The molecule has 5 aliphatic carbocycles. The molecule has 0 radical (unpaired) electrons. The van der Waals surface area contributed by atoms with E-state index < -0.39 is 0 Å². The van der Waals surface area contributed by atoms with Crippen molar-refractivity contribution in [1.82, 2.24) is 74.7 Å². The molecule has 7 aromatic heterocycles. The van der Waals surface area contributed by atoms with E-state index in [1.807, 2.05) is 145 Å². The number of nitrogens with two attached hydrogens (primary N) is 4. The highest BCUT2D eigenvalue weighted by Crippen LogP contribution is 2.56. The Kier molecular flexibility index (Phi) is 20.6. The van der Waals surface area contributed by atoms with Gasteiger partial charge in [0.05, 0.1) is 120 Å². The number of benzene rings is 6. The van der Waals surface area contributed by atoms with E-state index in [9.17, 15) is 19.2 Å². The normalized spacial score (nSPS) is 17.2. The molecule has 0 bridgehead atoms. The van der Waals surface area contributed by atoms with Crippen molar-refractivity contribution in [3.05, 3.63) is 256 Å². The Bertz CT molecular complexity index is 6140. The Morgan fingerprint density at radius 1 is 0.445 bits per heavy atom. The van der Waals surface area contributed by atoms with Crippen LogP contribution in [0.1, 0.15) is 189 Å². The summed E-state index contributed by atoms with van der Waals surface area (Å²) in [4.78, 5) is 63.9. The maximum absolute atomic E-state index is 13.7. The van der Waals surface area contributed by atoms with Crippen LogP contribution in [0.3, 0.4) is 0 Å². The lowest BCUT2D eigenvalue weighted by Crippen LogP contribution is -2.41. The summed E-state index contributed by atoms with van der Waals surface area (Å²) in [6, 6.07) is 37.2. The molecule has 4 fully saturated rings. The number of amides is 4. The molecule has 11 heterocycles. The monoisotopic (exact) mass is 1730 g/mol. The quantitative estimate of drug-likeness (QED) is 0.0782. The molecule has 13 aromatic rings. The fourth-order valence-corrected chi connectivity index (χ4v) is 21.3. The topological polar surface area (TPSA) is 339 Å². The maximum atomic E-state index is 13.7. The van der Waals surface area contributed by atoms with Gasteiger partial charge in [-0.25, -0.2) is 9.97 Å². The van der Waals surface area contributed by atoms with Gasteiger partial charge in [-0.2, -0.15) is 15.3 Å². The first-order valence-electron chi connectivity index (χ1n) is 39.7. The van der Waals surface area contributed by atoms with Crippen LogP contribution < -0.4 is 43.0 Å². The molecule has 6 aromatic carbocycles. The second-order valence-electron chi connectivity index (χ2n) is 31.7. The molecule has 22 rings (SSSR count). The third-order valence-electron chi connectivity index (χ3n) is 25.3. The number of carbonyl (C=O) groups excluding carboxylic acids is 4. The molecule has 4 amide bonds. The summed E-state index contributed by atoms with van der Waals surface area (Å²) >= 11 is 29.8. The van der Waals surface area contributed by atoms with Gasteiger partial charge in [0.25, 0.3) is 23.6 Å². The second kappa shape index (κ2) is 31.2. The van der Waals surface area contributed by atoms with E-state index >= 15 is 0 Å². The van der Waals surface area contributed by atoms with Gasteiger partial charge in [-0.15, -0.1) is 15.3 Å². The molecular weight excluding hydrogens is 1650 g/mol. The molecule has 0 unspecified atom stereocenters. The van der Waals surface area contributed by atoms with Crippen molar-refractivity contribution in [2.75, 3.05) is 37.2 Å². The molecule has 604 valence electrons. The molecule has 4 spiro atoms. The van der Waals surface area contributed by atoms with E-state index in [-0.39, 0.29) is 45.8 Å². The Labute approximate surface area is 712 Å². The number of allylic oxidation sites excluding steroid dienone is 1. The zero-order chi connectivity index (χ0) is 82.4. The van der Waals surface area contributed by atoms with Gasteiger partial charge in [0.1, 0.15) is 23.6 Å². The first-order valence-corrected chi connectivity index (χ1v) is 42.0. The van der Waals surface area contributed by atoms with E-state index in [4.69, 9.17) is 78.8 Å². The van der Waals surface area contributed by atoms with Crippen molar-refractivity contribution >= 4 is 148 Å². The standard InChI is InChI=1S/C26H24ClN5O2.C20H19BrClNO2.2C18H16ClN5O.C7H7N3/c1-34-18-6-4-16(5-7-18)15-32-25(33)23-20(26(32)9-2-3-10-26)12-17(13-21(23)27)31-11-8-19-22(31)14-29-30-24(19)28;1-25-15-6-4-13(5-7-15)12-23-19(24)18-16(10-14(21)11-17(18)22)20(23)8-2-3-9-20;2*19-13-8-10(24-6-3-11-14(24)9-21-23-16(11)20)7-12-15(13)17(25)22-18(12)4-1-2-5-18;8-7-5-2-1-3-6(5)9-4-10-7/h4-8,11-14H,2-3,9-10,15H2,1H3,(H2,28,30);4-7,10-11H,2-3,8-9,12H2,1H3;2*3,6-9H,1-2,4-5H2,(H2,20,23)(H,22,25);1-2,4H,3H2,(H2,8,9,10). The van der Waals surface area contributed by atoms with Gasteiger partial charge < -0.3 is 66.5 Å². The summed E-state index contributed by atoms with van der Waals surface area (Å²) in [5.41, 5.74) is 38.4. The van der Waals surface area contributed by atoms with Crippen LogP contribution in [0, 0.1) is 0 Å². The Balaban J connectivity index is 0.000000106. The van der Waals surface area contributed by atoms with Crippen LogP contribution in [0.2, 0.25) is 20.1 Å². The number of fused-ring (bicyclic) bond motifs is 12. The van der Waals surface area contributed by atoms with Gasteiger partial charge >= 0.3 is 0 Å². The first-order chi connectivity index (χ1) is 57.6. The molecular formula is C89H82BrCl4N19O6. The number of rotatable bonds is 9. The highest BCUT2D eigenvalue weighted by molar-refractivity contribution is 9.10. The summed E-state index contributed by atoms with van der Waals surface area (Å²) in [6.45, 7) is 1.12. The van der Waals surface area contributed by atoms with Crippen LogP contribution in [0.5, 0.6) is 11.5 Å². The van der Waals surface area contributed by atoms with Crippen molar-refractivity contribution in [3.63, 3.8) is 0 Å². The lowest BCUT2D eigenvalue weighted by molar-refractivity contribution is 0.0522. The van der Waals surface area contributed by atoms with E-state index in [1.54, 1.807) is 32.8 Å². The van der Waals surface area contributed by atoms with Crippen LogP contribution >= 0.6 is 62.3 Å². The third kappa shape index (κ3) is 13.6. The lowest BCUT2D eigenvalue weighted by Gasteiger charge is -2.36. The number of hydrogen-bond donors (Lipinski definition) is 6. The number of nitrogens with zero attached hydrogens (tertiary/aromatic N) is 13. The van der Waals surface area contributed by atoms with Crippen LogP contribution in [-0.4, -0.2) is 102 Å². The average Bonchev–Trinajstić information content (AvgIpc) is 1.59. The number of anilines is 4. The number of methoxy groups -OCH3 is 2. The minimum absolute atomic E-state index is 0.00302. The van der Waals surface area contributed by atoms with E-state index in [1.165, 1.54) is 6.33 Å². The van der Waals surface area contributed by atoms with Crippen LogP contribution in [0.4, 0.5) is 23.3 Å². The average molecular weight is 1740 g/mol. The Morgan fingerprint density at radius 2 is 0.815 bits per heavy atom. The number of nitrogen functional groups attached to an aromatic ring is 4. The van der Waals surface area contributed by atoms with Crippen molar-refractivity contribution in [2.24, 2.45) is 0 Å². The molecule has 30 heteroatoms. The molecule has 10 N–H and O–H groups in total. The van der Waals surface area contributed by atoms with Crippen LogP contribution in [0.15, 0.2) is 169 Å². The Morgan fingerprint density at radius 3 is 1.21 bits per heavy atom. The fourth-order valence-electron chi connectivity index (χ4n) is 19.5. The SMILES string of the molecule is COc1ccc(CN2C(=O)c3c(Cl)cc(-n4ccc5c(N)nncc54)cc3C23CCCC3)cc1.COc1ccc(CN2C(=O)c3c(Cl)cc(Br)cc3C23CCCC3)cc1.Nc1ncnc2c1C=CC2.Nc1nncc2c1ccn2-c1cc(Cl)c2c(c1)C1(CCCC1)NC2=O.Nc1nncc2c1ccn2-c1cc(Cl)c2c(c1)C1(CCCC1)NC2=O. The molecule has 4 saturated carbocycles. The number of ether oxygens (including phenoxy) is 2. The number of nitrogens with one attached hydrogen (secondary N) is 2. The van der Waals surface area contributed by atoms with Gasteiger partial charge in [-0.3, -0.25) is 19.2 Å². The van der Waals surface area contributed by atoms with Crippen molar-refractivity contribution in [2.45, 2.75) is 144 Å². The van der Waals surface area contributed by atoms with Crippen molar-refractivity contribution in [3.8, 4) is 28.6 Å². The van der Waals surface area contributed by atoms with Crippen molar-refractivity contribution in [1.29, 1.82) is 0 Å². The van der Waals surface area contributed by atoms with Crippen molar-refractivity contribution < 1.29 is 28.7 Å². The number of carbonyl (C=O) groups is 4. The zero-order valence-electron chi connectivity index (χ0n) is 65.1. The fraction of sp³-hybridized carbons (Fsp3) is 0.281. The molecule has 0 atom stereocenters. The van der Waals surface area contributed by atoms with E-state index in [0.29, 0.717) is 78.7 Å². The van der Waals surface area contributed by atoms with E-state index in [2.05, 4.69) is 91.4 Å². The molecule has 25 nitrogen and oxygen atoms in total. The summed E-state index contributed by atoms with van der Waals surface area (Å²) in [5.74, 6) is 3.29. The smallest absolute Gasteiger partial charge is 0.256 e. The van der Waals surface area contributed by atoms with Gasteiger partial charge in [-0.1, -0.05) is 150 Å². The summed E-state index contributed by atoms with van der Waals surface area (Å²) < 4.78 is 17.4. The maximum Gasteiger partial charge on any atom is 0.256 e. The van der Waals surface area contributed by atoms with Gasteiger partial charge in [-0.05, 0) is 176 Å². The summed E-state index contributed by atoms with van der Waals surface area (Å²) in [5, 5.41) is 34.5. The first kappa shape index (κ1) is 78.5. The van der Waals surface area contributed by atoms with Crippen LogP contribution in [-0.2, 0) is 41.7 Å². The molecule has 0 saturated heterocycles. The third-order valence-corrected chi connectivity index (χ3v) is 26.9. The minimum Gasteiger partial charge on any atom is -0.497 e. The lowest BCUT2D eigenvalue weighted by atomic mass is 9.87. The van der Waals surface area contributed by atoms with Gasteiger partial charge in [0.15, 0.2) is 17.5 Å². The highest BCUT2D eigenvalue weighted by atomic mass is 79.9. The van der Waals surface area contributed by atoms with Crippen LogP contribution in [0.25, 0.3) is 55.8 Å². The van der Waals surface area contributed by atoms with E-state index in [0.717, 1.165) is 220 Å². The molecule has 119 heavy (non-hydrogen) atoms. The predicted molar refractivity (Wildman–Crippen MR) is 464 cm³/mol. The van der Waals surface area contributed by atoms with Gasteiger partial charge in [0.2, 0.25) is 0 Å². The minimum atomic E-state index is -0.353. The zero-order valence-corrected chi connectivity index (χ0v) is 69.7. The van der Waals surface area contributed by atoms with Gasteiger partial charge in [0, 0.05) is 81.4 Å². The number of halogens is 5. The summed E-state index contributed by atoms with van der Waals surface area (Å²) in [6.07, 6.45) is 33.8. The number of hydrogen-bond acceptors (Lipinski definition) is 18. The summed E-state index contributed by atoms with van der Waals surface area (Å²) in [7, 11) is 3.31. The largest absolute Gasteiger partial charge is 0.497 e. The molecule has 4 aliphatic heterocycles. The predicted octanol–water partition coefficient (Wildman–Crippen LogP) is 17.6. The number of aromatic nitrogens is 11. The Hall–Kier alpha value is -11.7. The second-order valence-corrected chi connectivity index (χ2v) is 34.2. The molecule has 9 aliphatic rings. The highest BCUT2D eigenvalue weighted by Gasteiger charge is 2.54.